The Labute approximate surface area is 100 Å². The lowest BCUT2D eigenvalue weighted by molar-refractivity contribution is 0.788. The van der Waals surface area contributed by atoms with Gasteiger partial charge in [0.15, 0.2) is 0 Å². The lowest BCUT2D eigenvalue weighted by Crippen LogP contribution is -2.02. The summed E-state index contributed by atoms with van der Waals surface area (Å²) in [5, 5.41) is 17.7. The summed E-state index contributed by atoms with van der Waals surface area (Å²) < 4.78 is 1.90. The van der Waals surface area contributed by atoms with E-state index >= 15 is 0 Å². The van der Waals surface area contributed by atoms with Crippen molar-refractivity contribution in [2.75, 3.05) is 0 Å². The quantitative estimate of drug-likeness (QED) is 0.782. The van der Waals surface area contributed by atoms with Crippen molar-refractivity contribution < 1.29 is 0 Å². The number of nitriles is 2. The fraction of sp³-hybridized carbons (Fsp3) is 0.143. The molecule has 0 spiro atoms. The molecule has 0 bridgehead atoms. The first kappa shape index (κ1) is 11.0. The van der Waals surface area contributed by atoms with Crippen LogP contribution in [0.25, 0.3) is 0 Å². The molecule has 0 aliphatic heterocycles. The highest BCUT2D eigenvalue weighted by molar-refractivity contribution is 5.38. The van der Waals surface area contributed by atoms with E-state index in [0.29, 0.717) is 17.8 Å². The minimum Gasteiger partial charge on any atom is -0.335 e. The van der Waals surface area contributed by atoms with E-state index in [-0.39, 0.29) is 0 Å². The molecule has 0 atom stereocenters. The number of benzene rings is 1. The first-order valence-electron chi connectivity index (χ1n) is 5.29. The van der Waals surface area contributed by atoms with Crippen LogP contribution in [0.2, 0.25) is 0 Å². The fourth-order valence-corrected chi connectivity index (χ4v) is 1.78. The Morgan fingerprint density at radius 2 is 2.00 bits per heavy atom. The van der Waals surface area contributed by atoms with Crippen LogP contribution in [0.4, 0.5) is 0 Å². The van der Waals surface area contributed by atoms with Gasteiger partial charge in [0, 0.05) is 12.7 Å². The van der Waals surface area contributed by atoms with Gasteiger partial charge >= 0.3 is 0 Å². The SMILES string of the molecule is Cc1cc(C#N)ccc1Cn1cccc1C#N. The minimum absolute atomic E-state index is 0.647. The van der Waals surface area contributed by atoms with Crippen LogP contribution in [0.15, 0.2) is 36.5 Å². The van der Waals surface area contributed by atoms with Crippen molar-refractivity contribution in [3.63, 3.8) is 0 Å². The average Bonchev–Trinajstić information content (AvgIpc) is 2.79. The molecule has 0 fully saturated rings. The first-order valence-corrected chi connectivity index (χ1v) is 5.29. The third-order valence-corrected chi connectivity index (χ3v) is 2.76. The molecular weight excluding hydrogens is 210 g/mol. The summed E-state index contributed by atoms with van der Waals surface area (Å²) in [6.07, 6.45) is 1.89. The molecule has 3 heteroatoms. The summed E-state index contributed by atoms with van der Waals surface area (Å²) in [5.74, 6) is 0. The highest BCUT2D eigenvalue weighted by atomic mass is 15.0. The second-order valence-corrected chi connectivity index (χ2v) is 3.89. The van der Waals surface area contributed by atoms with Gasteiger partial charge < -0.3 is 4.57 Å². The largest absolute Gasteiger partial charge is 0.335 e. The topological polar surface area (TPSA) is 52.5 Å². The lowest BCUT2D eigenvalue weighted by Gasteiger charge is -2.08. The predicted octanol–water partition coefficient (Wildman–Crippen LogP) is 2.59. The molecule has 0 amide bonds. The molecule has 0 unspecified atom stereocenters. The molecule has 1 aromatic heterocycles. The Hall–Kier alpha value is -2.52. The van der Waals surface area contributed by atoms with E-state index in [0.717, 1.165) is 11.1 Å². The van der Waals surface area contributed by atoms with Gasteiger partial charge in [-0.3, -0.25) is 0 Å². The van der Waals surface area contributed by atoms with Crippen molar-refractivity contribution >= 4 is 0 Å². The van der Waals surface area contributed by atoms with Crippen molar-refractivity contribution in [3.8, 4) is 12.1 Å². The van der Waals surface area contributed by atoms with E-state index in [4.69, 9.17) is 10.5 Å². The maximum absolute atomic E-state index is 8.92. The third-order valence-electron chi connectivity index (χ3n) is 2.76. The summed E-state index contributed by atoms with van der Waals surface area (Å²) in [6, 6.07) is 13.5. The minimum atomic E-state index is 0.647. The number of hydrogen-bond acceptors (Lipinski definition) is 2. The van der Waals surface area contributed by atoms with Crippen LogP contribution in [-0.4, -0.2) is 4.57 Å². The number of rotatable bonds is 2. The van der Waals surface area contributed by atoms with Crippen molar-refractivity contribution in [3.05, 3.63) is 58.9 Å². The van der Waals surface area contributed by atoms with Gasteiger partial charge in [-0.05, 0) is 42.3 Å². The molecule has 2 aromatic rings. The van der Waals surface area contributed by atoms with Crippen LogP contribution in [0.5, 0.6) is 0 Å². The molecule has 2 rings (SSSR count). The first-order chi connectivity index (χ1) is 8.24. The zero-order valence-electron chi connectivity index (χ0n) is 9.51. The van der Waals surface area contributed by atoms with E-state index in [9.17, 15) is 0 Å². The molecule has 1 heterocycles. The summed E-state index contributed by atoms with van der Waals surface area (Å²) in [5.41, 5.74) is 3.51. The Bertz CT molecular complexity index is 624. The van der Waals surface area contributed by atoms with Gasteiger partial charge in [0.2, 0.25) is 0 Å². The monoisotopic (exact) mass is 221 g/mol. The van der Waals surface area contributed by atoms with Crippen molar-refractivity contribution in [1.82, 2.24) is 4.57 Å². The van der Waals surface area contributed by atoms with Crippen molar-refractivity contribution in [1.29, 1.82) is 10.5 Å². The molecule has 82 valence electrons. The standard InChI is InChI=1S/C14H11N3/c1-11-7-12(8-15)4-5-13(11)10-17-6-2-3-14(17)9-16/h2-7H,10H2,1H3. The van der Waals surface area contributed by atoms with Gasteiger partial charge in [-0.2, -0.15) is 10.5 Å². The van der Waals surface area contributed by atoms with Gasteiger partial charge in [0.05, 0.1) is 11.6 Å². The summed E-state index contributed by atoms with van der Waals surface area (Å²) in [6.45, 7) is 2.64. The lowest BCUT2D eigenvalue weighted by atomic mass is 10.1. The van der Waals surface area contributed by atoms with Gasteiger partial charge in [-0.15, -0.1) is 0 Å². The van der Waals surface area contributed by atoms with Crippen LogP contribution in [-0.2, 0) is 6.54 Å². The maximum atomic E-state index is 8.92. The van der Waals surface area contributed by atoms with Gasteiger partial charge in [-0.1, -0.05) is 6.07 Å². The number of nitrogens with zero attached hydrogens (tertiary/aromatic N) is 3. The molecule has 0 aliphatic rings. The average molecular weight is 221 g/mol. The van der Waals surface area contributed by atoms with Gasteiger partial charge in [-0.25, -0.2) is 0 Å². The molecule has 0 saturated carbocycles. The summed E-state index contributed by atoms with van der Waals surface area (Å²) in [7, 11) is 0. The highest BCUT2D eigenvalue weighted by Crippen LogP contribution is 2.13. The van der Waals surface area contributed by atoms with Crippen molar-refractivity contribution in [2.24, 2.45) is 0 Å². The van der Waals surface area contributed by atoms with Crippen LogP contribution in [0.1, 0.15) is 22.4 Å². The highest BCUT2D eigenvalue weighted by Gasteiger charge is 2.04. The normalized spacial score (nSPS) is 9.59. The second-order valence-electron chi connectivity index (χ2n) is 3.89. The Kier molecular flexibility index (Phi) is 2.94. The third kappa shape index (κ3) is 2.19. The van der Waals surface area contributed by atoms with Crippen LogP contribution < -0.4 is 0 Å². The van der Waals surface area contributed by atoms with E-state index in [1.807, 2.05) is 35.9 Å². The molecule has 17 heavy (non-hydrogen) atoms. The van der Waals surface area contributed by atoms with E-state index in [2.05, 4.69) is 12.1 Å². The Morgan fingerprint density at radius 3 is 2.65 bits per heavy atom. The van der Waals surface area contributed by atoms with Crippen molar-refractivity contribution in [2.45, 2.75) is 13.5 Å². The smallest absolute Gasteiger partial charge is 0.120 e. The van der Waals surface area contributed by atoms with E-state index < -0.39 is 0 Å². The predicted molar refractivity (Wildman–Crippen MR) is 64.1 cm³/mol. The van der Waals surface area contributed by atoms with E-state index in [1.54, 1.807) is 12.1 Å². The zero-order valence-corrected chi connectivity index (χ0v) is 9.51. The van der Waals surface area contributed by atoms with E-state index in [1.165, 1.54) is 0 Å². The van der Waals surface area contributed by atoms with Crippen LogP contribution >= 0.6 is 0 Å². The molecule has 0 aliphatic carbocycles. The van der Waals surface area contributed by atoms with Crippen LogP contribution in [0.3, 0.4) is 0 Å². The maximum Gasteiger partial charge on any atom is 0.120 e. The van der Waals surface area contributed by atoms with Crippen LogP contribution in [0, 0.1) is 29.6 Å². The zero-order chi connectivity index (χ0) is 12.3. The Morgan fingerprint density at radius 1 is 1.18 bits per heavy atom. The number of hydrogen-bond donors (Lipinski definition) is 0. The number of aryl methyl sites for hydroxylation is 1. The van der Waals surface area contributed by atoms with Gasteiger partial charge in [0.25, 0.3) is 0 Å². The molecule has 0 N–H and O–H groups in total. The molecular formula is C14H11N3. The summed E-state index contributed by atoms with van der Waals surface area (Å²) >= 11 is 0. The molecule has 0 saturated heterocycles. The molecule has 1 aromatic carbocycles. The molecule has 0 radical (unpaired) electrons. The summed E-state index contributed by atoms with van der Waals surface area (Å²) in [4.78, 5) is 0. The molecule has 3 nitrogen and oxygen atoms in total. The second kappa shape index (κ2) is 4.55. The fourth-order valence-electron chi connectivity index (χ4n) is 1.78. The van der Waals surface area contributed by atoms with Gasteiger partial charge in [0.1, 0.15) is 11.8 Å². The number of aromatic nitrogens is 1. The Balaban J connectivity index is 2.32.